The SMILES string of the molecule is O=C1CCC(N2C(=O)c3cccc(NCCOCCOCCOCCOCCN4CCN(c5ccc(-c6ccc7c(c6)C(=O)N(C(C(=O)Nc6nccs6)c6cc(F)ccc6O)C7)cc5)CC4)c3C2=O)C(=O)N1. The van der Waals surface area contributed by atoms with Crippen LogP contribution in [0.3, 0.4) is 0 Å². The Labute approximate surface area is 424 Å². The normalized spacial score (nSPS) is 17.2. The molecule has 5 heterocycles. The molecule has 9 rings (SSSR count). The number of carbonyl (C=O) groups excluding carboxylic acids is 6. The molecule has 0 aliphatic carbocycles. The van der Waals surface area contributed by atoms with Gasteiger partial charge in [0.15, 0.2) is 5.13 Å². The first-order valence-electron chi connectivity index (χ1n) is 24.1. The lowest BCUT2D eigenvalue weighted by atomic mass is 10.00. The van der Waals surface area contributed by atoms with Crippen LogP contribution in [0, 0.1) is 5.82 Å². The van der Waals surface area contributed by atoms with E-state index >= 15 is 0 Å². The van der Waals surface area contributed by atoms with Gasteiger partial charge in [-0.2, -0.15) is 0 Å². The van der Waals surface area contributed by atoms with Crippen LogP contribution >= 0.6 is 11.3 Å². The summed E-state index contributed by atoms with van der Waals surface area (Å²) >= 11 is 1.21. The molecule has 2 fully saturated rings. The molecule has 0 spiro atoms. The minimum atomic E-state index is -1.31. The van der Waals surface area contributed by atoms with E-state index in [0.717, 1.165) is 72.1 Å². The smallest absolute Gasteiger partial charge is 0.264 e. The van der Waals surface area contributed by atoms with Crippen molar-refractivity contribution in [1.82, 2.24) is 25.0 Å². The molecule has 5 aromatic rings. The summed E-state index contributed by atoms with van der Waals surface area (Å²) in [5.41, 5.74) is 4.88. The number of hydrogen-bond donors (Lipinski definition) is 4. The number of amides is 6. The summed E-state index contributed by atoms with van der Waals surface area (Å²) in [5, 5.41) is 20.8. The first-order valence-corrected chi connectivity index (χ1v) is 25.0. The topological polar surface area (TPSA) is 222 Å². The zero-order chi connectivity index (χ0) is 50.8. The molecule has 0 saturated carbocycles. The van der Waals surface area contributed by atoms with Crippen molar-refractivity contribution < 1.29 is 57.2 Å². The van der Waals surface area contributed by atoms with Crippen LogP contribution in [0.25, 0.3) is 11.1 Å². The number of anilines is 3. The van der Waals surface area contributed by atoms with Crippen LogP contribution in [-0.2, 0) is 39.9 Å². The molecular formula is C52H55FN8O11S. The number of phenolic OH excluding ortho intramolecular Hbond substituents is 1. The van der Waals surface area contributed by atoms with E-state index in [2.05, 4.69) is 42.9 Å². The predicted octanol–water partition coefficient (Wildman–Crippen LogP) is 4.69. The Kier molecular flexibility index (Phi) is 16.4. The minimum absolute atomic E-state index is 0.0199. The second-order valence-corrected chi connectivity index (χ2v) is 18.6. The third-order valence-corrected chi connectivity index (χ3v) is 13.8. The Bertz CT molecular complexity index is 2830. The van der Waals surface area contributed by atoms with E-state index in [4.69, 9.17) is 18.9 Å². The lowest BCUT2D eigenvalue weighted by molar-refractivity contribution is -0.136. The number of nitrogens with zero attached hydrogens (tertiary/aromatic N) is 5. The Balaban J connectivity index is 0.622. The van der Waals surface area contributed by atoms with E-state index in [-0.39, 0.29) is 41.8 Å². The first-order chi connectivity index (χ1) is 35.5. The first kappa shape index (κ1) is 50.8. The van der Waals surface area contributed by atoms with Gasteiger partial charge >= 0.3 is 0 Å². The number of aromatic hydroxyl groups is 1. The molecule has 73 heavy (non-hydrogen) atoms. The Morgan fingerprint density at radius 1 is 0.795 bits per heavy atom. The van der Waals surface area contributed by atoms with Crippen molar-refractivity contribution in [3.63, 3.8) is 0 Å². The predicted molar refractivity (Wildman–Crippen MR) is 267 cm³/mol. The minimum Gasteiger partial charge on any atom is -0.508 e. The maximum Gasteiger partial charge on any atom is 0.264 e. The molecule has 21 heteroatoms. The molecule has 19 nitrogen and oxygen atoms in total. The maximum absolute atomic E-state index is 14.4. The zero-order valence-electron chi connectivity index (χ0n) is 39.9. The second-order valence-electron chi connectivity index (χ2n) is 17.7. The maximum atomic E-state index is 14.4. The lowest BCUT2D eigenvalue weighted by Gasteiger charge is -2.36. The Hall–Kier alpha value is -7.14. The molecule has 0 radical (unpaired) electrons. The number of piperazine rings is 1. The summed E-state index contributed by atoms with van der Waals surface area (Å²) in [6.07, 6.45) is 1.68. The molecule has 2 unspecified atom stereocenters. The standard InChI is InChI=1S/C52H55FN8O11S/c53-36-8-12-43(62)40(31-36)46(48(65)57-52-55-15-29-73-52)60-32-35-5-4-34(30-39(35)49(60)66)33-6-9-37(10-7-33)59-18-16-58(17-19-59)20-22-70-24-26-72-28-27-71-25-23-69-21-14-54-41-3-1-2-38-45(41)51(68)61(50(38)67)42-11-13-44(63)56-47(42)64/h1-10,12,15,29-31,42,46,54,62H,11,13-14,16-28,32H2,(H,55,57,65)(H,56,63,64). The van der Waals surface area contributed by atoms with Crippen molar-refractivity contribution >= 4 is 63.3 Å². The van der Waals surface area contributed by atoms with Crippen LogP contribution in [0.1, 0.15) is 61.1 Å². The second kappa shape index (κ2) is 23.6. The summed E-state index contributed by atoms with van der Waals surface area (Å²) in [4.78, 5) is 89.0. The molecule has 4 aliphatic heterocycles. The summed E-state index contributed by atoms with van der Waals surface area (Å²) in [7, 11) is 0. The summed E-state index contributed by atoms with van der Waals surface area (Å²) in [6.45, 7) is 8.21. The number of nitrogens with one attached hydrogen (secondary N) is 3. The molecule has 4 N–H and O–H groups in total. The van der Waals surface area contributed by atoms with Crippen LogP contribution in [-0.4, -0.2) is 158 Å². The van der Waals surface area contributed by atoms with E-state index in [1.165, 1.54) is 28.5 Å². The molecule has 4 aliphatic rings. The van der Waals surface area contributed by atoms with Crippen molar-refractivity contribution in [2.24, 2.45) is 0 Å². The average molecular weight is 1020 g/mol. The number of benzene rings is 4. The summed E-state index contributed by atoms with van der Waals surface area (Å²) < 4.78 is 37.2. The molecule has 4 aromatic carbocycles. The van der Waals surface area contributed by atoms with Gasteiger partial charge in [0, 0.05) is 86.3 Å². The molecule has 6 amide bonds. The number of halogens is 1. The molecule has 382 valence electrons. The number of aromatic nitrogens is 1. The number of fused-ring (bicyclic) bond motifs is 2. The van der Waals surface area contributed by atoms with Gasteiger partial charge in [0.1, 0.15) is 23.7 Å². The fourth-order valence-corrected chi connectivity index (χ4v) is 9.87. The molecule has 0 bridgehead atoms. The van der Waals surface area contributed by atoms with Gasteiger partial charge in [-0.1, -0.05) is 30.3 Å². The highest BCUT2D eigenvalue weighted by molar-refractivity contribution is 7.13. The van der Waals surface area contributed by atoms with Crippen molar-refractivity contribution in [2.45, 2.75) is 31.5 Å². The number of phenols is 1. The van der Waals surface area contributed by atoms with E-state index in [0.29, 0.717) is 75.8 Å². The third-order valence-electron chi connectivity index (χ3n) is 13.1. The van der Waals surface area contributed by atoms with Crippen molar-refractivity contribution in [3.8, 4) is 16.9 Å². The number of carbonyl (C=O) groups is 6. The highest BCUT2D eigenvalue weighted by Gasteiger charge is 2.46. The van der Waals surface area contributed by atoms with Crippen LogP contribution in [0.5, 0.6) is 5.75 Å². The van der Waals surface area contributed by atoms with Gasteiger partial charge in [0.05, 0.1) is 64.0 Å². The van der Waals surface area contributed by atoms with E-state index in [9.17, 15) is 38.3 Å². The van der Waals surface area contributed by atoms with Gasteiger partial charge < -0.3 is 39.2 Å². The van der Waals surface area contributed by atoms with Crippen molar-refractivity contribution in [1.29, 1.82) is 0 Å². The van der Waals surface area contributed by atoms with Crippen molar-refractivity contribution in [3.05, 3.63) is 124 Å². The monoisotopic (exact) mass is 1020 g/mol. The van der Waals surface area contributed by atoms with Gasteiger partial charge in [-0.3, -0.25) is 49.2 Å². The van der Waals surface area contributed by atoms with E-state index in [1.54, 1.807) is 23.6 Å². The number of piperidine rings is 1. The van der Waals surface area contributed by atoms with Gasteiger partial charge in [-0.25, -0.2) is 9.37 Å². The average Bonchev–Trinajstić information content (AvgIpc) is 4.10. The highest BCUT2D eigenvalue weighted by Crippen LogP contribution is 2.38. The quantitative estimate of drug-likeness (QED) is 0.0515. The van der Waals surface area contributed by atoms with E-state index in [1.807, 2.05) is 30.3 Å². The molecule has 2 atom stereocenters. The zero-order valence-corrected chi connectivity index (χ0v) is 40.7. The van der Waals surface area contributed by atoms with Crippen LogP contribution < -0.4 is 20.9 Å². The van der Waals surface area contributed by atoms with Crippen molar-refractivity contribution in [2.75, 3.05) is 108 Å². The van der Waals surface area contributed by atoms with Gasteiger partial charge in [0.2, 0.25) is 11.8 Å². The van der Waals surface area contributed by atoms with Gasteiger partial charge in [-0.05, 0) is 71.6 Å². The number of imide groups is 2. The fourth-order valence-electron chi connectivity index (χ4n) is 9.34. The fraction of sp³-hybridized carbons (Fsp3) is 0.365. The van der Waals surface area contributed by atoms with Crippen LogP contribution in [0.4, 0.5) is 20.9 Å². The number of ether oxygens (including phenoxy) is 4. The molecule has 2 saturated heterocycles. The lowest BCUT2D eigenvalue weighted by Crippen LogP contribution is -2.54. The number of rotatable bonds is 23. The van der Waals surface area contributed by atoms with E-state index < -0.39 is 53.3 Å². The third kappa shape index (κ3) is 11.9. The number of hydrogen-bond acceptors (Lipinski definition) is 16. The molecule has 1 aromatic heterocycles. The Morgan fingerprint density at radius 3 is 2.22 bits per heavy atom. The summed E-state index contributed by atoms with van der Waals surface area (Å²) in [6, 6.07) is 19.8. The van der Waals surface area contributed by atoms with Crippen LogP contribution in [0.2, 0.25) is 0 Å². The number of thiazole rings is 1. The molecular weight excluding hydrogens is 964 g/mol. The largest absolute Gasteiger partial charge is 0.508 e. The summed E-state index contributed by atoms with van der Waals surface area (Å²) in [5.74, 6) is -4.16. The highest BCUT2D eigenvalue weighted by atomic mass is 32.1. The van der Waals surface area contributed by atoms with Crippen LogP contribution in [0.15, 0.2) is 90.4 Å². The van der Waals surface area contributed by atoms with Gasteiger partial charge in [0.25, 0.3) is 23.6 Å². The van der Waals surface area contributed by atoms with Gasteiger partial charge in [-0.15, -0.1) is 11.3 Å². The Morgan fingerprint density at radius 2 is 1.51 bits per heavy atom.